The normalized spacial score (nSPS) is 10.9. The zero-order valence-electron chi connectivity index (χ0n) is 18.0. The number of benzene rings is 1. The first-order chi connectivity index (χ1) is 15.4. The van der Waals surface area contributed by atoms with Crippen LogP contribution in [0.2, 0.25) is 0 Å². The summed E-state index contributed by atoms with van der Waals surface area (Å²) in [6.45, 7) is 4.07. The summed E-state index contributed by atoms with van der Waals surface area (Å²) < 4.78 is 31.3. The van der Waals surface area contributed by atoms with Gasteiger partial charge in [-0.05, 0) is 38.1 Å². The highest BCUT2D eigenvalue weighted by Crippen LogP contribution is 2.27. The summed E-state index contributed by atoms with van der Waals surface area (Å²) in [6, 6.07) is 7.42. The maximum atomic E-state index is 14.0. The lowest BCUT2D eigenvalue weighted by molar-refractivity contribution is 0.386. The number of hydrogen-bond donors (Lipinski definition) is 0. The Morgan fingerprint density at radius 3 is 2.59 bits per heavy atom. The number of aromatic nitrogens is 4. The highest BCUT2D eigenvalue weighted by molar-refractivity contribution is 5.60. The monoisotopic (exact) mass is 436 g/mol. The van der Waals surface area contributed by atoms with Crippen LogP contribution in [-0.2, 0) is 6.54 Å². The first-order valence-electron chi connectivity index (χ1n) is 9.78. The third-order valence-corrected chi connectivity index (χ3v) is 5.14. The van der Waals surface area contributed by atoms with E-state index in [1.165, 1.54) is 29.9 Å². The van der Waals surface area contributed by atoms with Crippen molar-refractivity contribution < 1.29 is 18.4 Å². The van der Waals surface area contributed by atoms with Gasteiger partial charge in [0.1, 0.15) is 5.75 Å². The number of halogens is 1. The molecule has 0 aliphatic heterocycles. The Kier molecular flexibility index (Phi) is 5.72. The van der Waals surface area contributed by atoms with Gasteiger partial charge in [0.15, 0.2) is 11.6 Å². The largest absolute Gasteiger partial charge is 0.496 e. The number of ether oxygens (including phenoxy) is 2. The smallest absolute Gasteiger partial charge is 0.259 e. The van der Waals surface area contributed by atoms with Crippen molar-refractivity contribution in [3.63, 3.8) is 0 Å². The lowest BCUT2D eigenvalue weighted by Crippen LogP contribution is -2.20. The van der Waals surface area contributed by atoms with Gasteiger partial charge in [0.2, 0.25) is 5.82 Å². The Hall–Kier alpha value is -4.01. The molecule has 0 aliphatic carbocycles. The first kappa shape index (κ1) is 21.2. The fourth-order valence-electron chi connectivity index (χ4n) is 3.44. The third kappa shape index (κ3) is 3.96. The number of aryl methyl sites for hydroxylation is 1. The van der Waals surface area contributed by atoms with E-state index in [2.05, 4.69) is 15.1 Å². The van der Waals surface area contributed by atoms with Crippen molar-refractivity contribution in [2.24, 2.45) is 0 Å². The van der Waals surface area contributed by atoms with Crippen LogP contribution in [0.1, 0.15) is 16.8 Å². The van der Waals surface area contributed by atoms with E-state index in [9.17, 15) is 9.18 Å². The molecular weight excluding hydrogens is 415 g/mol. The van der Waals surface area contributed by atoms with E-state index in [4.69, 9.17) is 14.0 Å². The Labute approximate surface area is 183 Å². The van der Waals surface area contributed by atoms with Crippen LogP contribution in [0.4, 0.5) is 4.39 Å². The van der Waals surface area contributed by atoms with Crippen LogP contribution in [0.15, 0.2) is 52.0 Å². The molecule has 0 saturated heterocycles. The molecular formula is C23H21FN4O4. The predicted molar refractivity (Wildman–Crippen MR) is 115 cm³/mol. The summed E-state index contributed by atoms with van der Waals surface area (Å²) in [4.78, 5) is 21.2. The van der Waals surface area contributed by atoms with Crippen LogP contribution in [0.25, 0.3) is 22.8 Å². The summed E-state index contributed by atoms with van der Waals surface area (Å²) in [5.74, 6) is 0.770. The highest BCUT2D eigenvalue weighted by Gasteiger charge is 2.15. The van der Waals surface area contributed by atoms with Gasteiger partial charge in [0.05, 0.1) is 32.0 Å². The minimum absolute atomic E-state index is 0.126. The SMILES string of the molecule is COc1ccc(-c2noc(-c3ccc(=O)n(Cc4ncc(C)c(OC)c4C)c3)n2)cc1F. The number of pyridine rings is 2. The zero-order chi connectivity index (χ0) is 22.8. The van der Waals surface area contributed by atoms with E-state index >= 15 is 0 Å². The first-order valence-corrected chi connectivity index (χ1v) is 9.78. The van der Waals surface area contributed by atoms with Crippen molar-refractivity contribution in [1.82, 2.24) is 19.7 Å². The van der Waals surface area contributed by atoms with Crippen molar-refractivity contribution in [3.8, 4) is 34.3 Å². The van der Waals surface area contributed by atoms with Crippen LogP contribution in [0.3, 0.4) is 0 Å². The van der Waals surface area contributed by atoms with Gasteiger partial charge in [-0.2, -0.15) is 4.98 Å². The van der Waals surface area contributed by atoms with Gasteiger partial charge in [0, 0.05) is 35.2 Å². The molecule has 0 atom stereocenters. The van der Waals surface area contributed by atoms with Gasteiger partial charge in [-0.15, -0.1) is 0 Å². The van der Waals surface area contributed by atoms with Gasteiger partial charge in [-0.1, -0.05) is 5.16 Å². The topological polar surface area (TPSA) is 92.3 Å². The molecule has 3 heterocycles. The van der Waals surface area contributed by atoms with Crippen molar-refractivity contribution in [2.45, 2.75) is 20.4 Å². The van der Waals surface area contributed by atoms with Crippen molar-refractivity contribution in [3.05, 3.63) is 75.7 Å². The second-order valence-electron chi connectivity index (χ2n) is 7.20. The summed E-state index contributed by atoms with van der Waals surface area (Å²) in [7, 11) is 3.00. The van der Waals surface area contributed by atoms with Crippen LogP contribution < -0.4 is 15.0 Å². The van der Waals surface area contributed by atoms with E-state index in [0.717, 1.165) is 16.9 Å². The molecule has 0 bridgehead atoms. The maximum Gasteiger partial charge on any atom is 0.259 e. The van der Waals surface area contributed by atoms with Crippen LogP contribution in [-0.4, -0.2) is 33.9 Å². The molecule has 32 heavy (non-hydrogen) atoms. The molecule has 0 saturated carbocycles. The second kappa shape index (κ2) is 8.62. The molecule has 4 aromatic rings. The van der Waals surface area contributed by atoms with Crippen molar-refractivity contribution in [1.29, 1.82) is 0 Å². The molecule has 3 aromatic heterocycles. The molecule has 4 rings (SSSR count). The van der Waals surface area contributed by atoms with Gasteiger partial charge in [-0.25, -0.2) is 4.39 Å². The predicted octanol–water partition coefficient (Wildman–Crippen LogP) is 3.78. The van der Waals surface area contributed by atoms with Crippen molar-refractivity contribution in [2.75, 3.05) is 14.2 Å². The van der Waals surface area contributed by atoms with E-state index in [1.807, 2.05) is 13.8 Å². The number of hydrogen-bond acceptors (Lipinski definition) is 7. The summed E-state index contributed by atoms with van der Waals surface area (Å²) in [5, 5.41) is 3.93. The van der Waals surface area contributed by atoms with E-state index in [-0.39, 0.29) is 29.6 Å². The molecule has 9 heteroatoms. The maximum absolute atomic E-state index is 14.0. The number of rotatable bonds is 6. The summed E-state index contributed by atoms with van der Waals surface area (Å²) in [6.07, 6.45) is 3.34. The highest BCUT2D eigenvalue weighted by atomic mass is 19.1. The van der Waals surface area contributed by atoms with Crippen LogP contribution >= 0.6 is 0 Å². The van der Waals surface area contributed by atoms with Gasteiger partial charge in [0.25, 0.3) is 11.4 Å². The van der Waals surface area contributed by atoms with Crippen LogP contribution in [0, 0.1) is 19.7 Å². The average molecular weight is 436 g/mol. The standard InChI is InChI=1S/C23H21FN4O4/c1-13-10-25-18(14(2)21(13)31-4)12-28-11-16(6-8-20(28)29)23-26-22(27-32-23)15-5-7-19(30-3)17(24)9-15/h5-11H,12H2,1-4H3. The van der Waals surface area contributed by atoms with E-state index in [0.29, 0.717) is 16.8 Å². The van der Waals surface area contributed by atoms with Crippen molar-refractivity contribution >= 4 is 0 Å². The zero-order valence-corrected chi connectivity index (χ0v) is 18.0. The molecule has 0 amide bonds. The molecule has 0 fully saturated rings. The number of nitrogens with zero attached hydrogens (tertiary/aromatic N) is 4. The molecule has 164 valence electrons. The average Bonchev–Trinajstić information content (AvgIpc) is 3.27. The molecule has 0 N–H and O–H groups in total. The molecule has 0 aliphatic rings. The van der Waals surface area contributed by atoms with E-state index < -0.39 is 5.82 Å². The lowest BCUT2D eigenvalue weighted by atomic mass is 10.1. The van der Waals surface area contributed by atoms with Crippen LogP contribution in [0.5, 0.6) is 11.5 Å². The minimum Gasteiger partial charge on any atom is -0.496 e. The molecule has 0 spiro atoms. The summed E-state index contributed by atoms with van der Waals surface area (Å²) >= 11 is 0. The fraction of sp³-hybridized carbons (Fsp3) is 0.217. The van der Waals surface area contributed by atoms with Gasteiger partial charge >= 0.3 is 0 Å². The molecule has 0 unspecified atom stereocenters. The fourth-order valence-corrected chi connectivity index (χ4v) is 3.44. The Bertz CT molecular complexity index is 1350. The third-order valence-electron chi connectivity index (χ3n) is 5.14. The Morgan fingerprint density at radius 2 is 1.88 bits per heavy atom. The number of methoxy groups -OCH3 is 2. The second-order valence-corrected chi connectivity index (χ2v) is 7.20. The molecule has 0 radical (unpaired) electrons. The van der Waals surface area contributed by atoms with Gasteiger partial charge < -0.3 is 18.6 Å². The lowest BCUT2D eigenvalue weighted by Gasteiger charge is -2.13. The van der Waals surface area contributed by atoms with Gasteiger partial charge in [-0.3, -0.25) is 9.78 Å². The van der Waals surface area contributed by atoms with E-state index in [1.54, 1.807) is 31.6 Å². The Balaban J connectivity index is 1.66. The molecule has 8 nitrogen and oxygen atoms in total. The quantitative estimate of drug-likeness (QED) is 0.454. The summed E-state index contributed by atoms with van der Waals surface area (Å²) in [5.41, 5.74) is 3.29. The minimum atomic E-state index is -0.527. The molecule has 1 aromatic carbocycles. The Morgan fingerprint density at radius 1 is 1.09 bits per heavy atom.